The van der Waals surface area contributed by atoms with Crippen molar-refractivity contribution in [1.82, 2.24) is 4.90 Å². The van der Waals surface area contributed by atoms with Crippen molar-refractivity contribution in [3.05, 3.63) is 35.9 Å². The van der Waals surface area contributed by atoms with Gasteiger partial charge in [0.1, 0.15) is 5.78 Å². The Morgan fingerprint density at radius 1 is 1.15 bits per heavy atom. The zero-order valence-corrected chi connectivity index (χ0v) is 16.6. The third-order valence-electron chi connectivity index (χ3n) is 7.42. The van der Waals surface area contributed by atoms with Gasteiger partial charge in [-0.05, 0) is 55.4 Å². The lowest BCUT2D eigenvalue weighted by molar-refractivity contribution is -0.149. The van der Waals surface area contributed by atoms with Crippen LogP contribution < -0.4 is 0 Å². The van der Waals surface area contributed by atoms with Crippen molar-refractivity contribution in [3.8, 4) is 0 Å². The van der Waals surface area contributed by atoms with Crippen molar-refractivity contribution in [2.75, 3.05) is 6.54 Å². The average molecular weight is 368 g/mol. The molecule has 1 aromatic carbocycles. The Hall–Kier alpha value is -1.64. The lowest BCUT2D eigenvalue weighted by atomic mass is 9.55. The highest BCUT2D eigenvalue weighted by molar-refractivity contribution is 5.83. The van der Waals surface area contributed by atoms with Gasteiger partial charge in [-0.1, -0.05) is 50.1 Å². The monoisotopic (exact) mass is 367 g/mol. The second-order valence-electron chi connectivity index (χ2n) is 8.95. The first-order valence-corrected chi connectivity index (χ1v) is 11.0. The predicted molar refractivity (Wildman–Crippen MR) is 107 cm³/mol. The van der Waals surface area contributed by atoms with Crippen LogP contribution in [-0.2, 0) is 16.0 Å². The van der Waals surface area contributed by atoms with Crippen LogP contribution in [0.2, 0.25) is 0 Å². The fraction of sp³-hybridized carbons (Fsp3) is 0.667. The number of nitrogens with zero attached hydrogens (tertiary/aromatic N) is 1. The number of benzene rings is 1. The summed E-state index contributed by atoms with van der Waals surface area (Å²) in [4.78, 5) is 28.1. The Morgan fingerprint density at radius 3 is 2.74 bits per heavy atom. The number of carbonyl (C=O) groups excluding carboxylic acids is 2. The molecule has 5 atom stereocenters. The first-order valence-electron chi connectivity index (χ1n) is 11.0. The minimum Gasteiger partial charge on any atom is -0.339 e. The zero-order chi connectivity index (χ0) is 18.8. The van der Waals surface area contributed by atoms with Crippen molar-refractivity contribution in [2.24, 2.45) is 23.7 Å². The molecule has 2 saturated carbocycles. The van der Waals surface area contributed by atoms with Crippen molar-refractivity contribution in [3.63, 3.8) is 0 Å². The molecule has 0 bridgehead atoms. The Kier molecular flexibility index (Phi) is 5.66. The normalized spacial score (nSPS) is 32.9. The molecule has 3 fully saturated rings. The maximum atomic E-state index is 13.0. The fourth-order valence-electron chi connectivity index (χ4n) is 6.19. The molecular weight excluding hydrogens is 334 g/mol. The van der Waals surface area contributed by atoms with Gasteiger partial charge in [-0.25, -0.2) is 0 Å². The number of rotatable bonds is 5. The minimum atomic E-state index is 0.155. The number of amides is 1. The Labute approximate surface area is 163 Å². The number of carbonyl (C=O) groups is 2. The van der Waals surface area contributed by atoms with Crippen molar-refractivity contribution >= 4 is 11.7 Å². The summed E-state index contributed by atoms with van der Waals surface area (Å²) in [5, 5.41) is 0. The third kappa shape index (κ3) is 3.70. The third-order valence-corrected chi connectivity index (χ3v) is 7.42. The largest absolute Gasteiger partial charge is 0.339 e. The van der Waals surface area contributed by atoms with E-state index in [1.165, 1.54) is 5.56 Å². The van der Waals surface area contributed by atoms with Crippen LogP contribution in [0.5, 0.6) is 0 Å². The molecule has 1 saturated heterocycles. The minimum absolute atomic E-state index is 0.155. The Balaban J connectivity index is 1.55. The van der Waals surface area contributed by atoms with Crippen LogP contribution in [0.15, 0.2) is 30.3 Å². The molecule has 3 nitrogen and oxygen atoms in total. The van der Waals surface area contributed by atoms with Crippen molar-refractivity contribution in [1.29, 1.82) is 0 Å². The topological polar surface area (TPSA) is 37.4 Å². The predicted octanol–water partition coefficient (Wildman–Crippen LogP) is 4.64. The second kappa shape index (κ2) is 8.16. The molecule has 3 aliphatic rings. The molecule has 3 heteroatoms. The fourth-order valence-corrected chi connectivity index (χ4v) is 6.19. The van der Waals surface area contributed by atoms with E-state index in [2.05, 4.69) is 36.1 Å². The molecule has 1 amide bonds. The van der Waals surface area contributed by atoms with Crippen molar-refractivity contribution < 1.29 is 9.59 Å². The number of unbranched alkanes of at least 4 members (excludes halogenated alkanes) is 1. The molecule has 2 aliphatic carbocycles. The molecule has 27 heavy (non-hydrogen) atoms. The molecule has 0 aromatic heterocycles. The SMILES string of the molecule is CCCCC(=O)N1CC[C@@H]2CC(=O)[C@@H](Cc3ccccc3)[C@@H]3CCC[C@H]1[C@@H]23. The molecule has 1 aliphatic heterocycles. The summed E-state index contributed by atoms with van der Waals surface area (Å²) in [6, 6.07) is 10.9. The van der Waals surface area contributed by atoms with Crippen LogP contribution in [0.4, 0.5) is 0 Å². The van der Waals surface area contributed by atoms with Crippen LogP contribution in [0, 0.1) is 23.7 Å². The first kappa shape index (κ1) is 18.7. The standard InChI is InChI=1S/C24H33NO2/c1-2-3-12-23(27)25-14-13-18-16-22(26)20(15-17-8-5-4-6-9-17)19-10-7-11-21(25)24(18)19/h4-6,8-9,18-21,24H,2-3,7,10-16H2,1H3/t18-,19+,20+,21+,24+/m1/s1. The summed E-state index contributed by atoms with van der Waals surface area (Å²) in [6.45, 7) is 3.02. The van der Waals surface area contributed by atoms with Crippen LogP contribution >= 0.6 is 0 Å². The number of hydrogen-bond donors (Lipinski definition) is 0. The smallest absolute Gasteiger partial charge is 0.222 e. The van der Waals surface area contributed by atoms with Gasteiger partial charge in [-0.3, -0.25) is 9.59 Å². The molecule has 0 N–H and O–H groups in total. The van der Waals surface area contributed by atoms with Crippen LogP contribution in [0.3, 0.4) is 0 Å². The van der Waals surface area contributed by atoms with Gasteiger partial charge in [0.15, 0.2) is 0 Å². The van der Waals surface area contributed by atoms with Gasteiger partial charge in [0.25, 0.3) is 0 Å². The van der Waals surface area contributed by atoms with Gasteiger partial charge in [-0.2, -0.15) is 0 Å². The van der Waals surface area contributed by atoms with Gasteiger partial charge in [0.2, 0.25) is 5.91 Å². The van der Waals surface area contributed by atoms with E-state index in [9.17, 15) is 9.59 Å². The molecule has 0 radical (unpaired) electrons. The number of Topliss-reactive ketones (excluding diaryl/α,β-unsaturated/α-hetero) is 1. The van der Waals surface area contributed by atoms with Gasteiger partial charge in [0.05, 0.1) is 0 Å². The molecule has 1 aromatic rings. The maximum Gasteiger partial charge on any atom is 0.222 e. The summed E-state index contributed by atoms with van der Waals surface area (Å²) in [7, 11) is 0. The average Bonchev–Trinajstić information content (AvgIpc) is 2.70. The summed E-state index contributed by atoms with van der Waals surface area (Å²) in [6.07, 6.45) is 8.88. The molecule has 0 spiro atoms. The first-order chi connectivity index (χ1) is 13.2. The summed E-state index contributed by atoms with van der Waals surface area (Å²) in [5.74, 6) is 2.52. The van der Waals surface area contributed by atoms with E-state index in [-0.39, 0.29) is 5.92 Å². The van der Waals surface area contributed by atoms with E-state index in [4.69, 9.17) is 0 Å². The molecule has 1 heterocycles. The van der Waals surface area contributed by atoms with E-state index in [1.54, 1.807) is 0 Å². The van der Waals surface area contributed by atoms with Crippen LogP contribution in [0.1, 0.15) is 63.9 Å². The van der Waals surface area contributed by atoms with E-state index >= 15 is 0 Å². The second-order valence-corrected chi connectivity index (χ2v) is 8.95. The van der Waals surface area contributed by atoms with Gasteiger partial charge < -0.3 is 4.90 Å². The van der Waals surface area contributed by atoms with E-state index in [1.807, 2.05) is 6.07 Å². The lowest BCUT2D eigenvalue weighted by Gasteiger charge is -2.55. The highest BCUT2D eigenvalue weighted by Gasteiger charge is 2.52. The number of hydrogen-bond acceptors (Lipinski definition) is 2. The van der Waals surface area contributed by atoms with E-state index < -0.39 is 0 Å². The molecule has 0 unspecified atom stereocenters. The summed E-state index contributed by atoms with van der Waals surface area (Å²) < 4.78 is 0. The van der Waals surface area contributed by atoms with Crippen LogP contribution in [0.25, 0.3) is 0 Å². The van der Waals surface area contributed by atoms with Crippen LogP contribution in [-0.4, -0.2) is 29.2 Å². The Morgan fingerprint density at radius 2 is 1.96 bits per heavy atom. The Bertz CT molecular complexity index is 670. The molecule has 4 rings (SSSR count). The quantitative estimate of drug-likeness (QED) is 0.760. The molecular formula is C24H33NO2. The molecule has 146 valence electrons. The number of ketones is 1. The van der Waals surface area contributed by atoms with E-state index in [0.29, 0.717) is 41.9 Å². The van der Waals surface area contributed by atoms with E-state index in [0.717, 1.165) is 57.9 Å². The summed E-state index contributed by atoms with van der Waals surface area (Å²) in [5.41, 5.74) is 1.28. The van der Waals surface area contributed by atoms with Gasteiger partial charge in [0, 0.05) is 31.3 Å². The number of likely N-dealkylation sites (tertiary alicyclic amines) is 1. The van der Waals surface area contributed by atoms with Gasteiger partial charge in [-0.15, -0.1) is 0 Å². The van der Waals surface area contributed by atoms with Gasteiger partial charge >= 0.3 is 0 Å². The lowest BCUT2D eigenvalue weighted by Crippen LogP contribution is -2.59. The maximum absolute atomic E-state index is 13.0. The van der Waals surface area contributed by atoms with Crippen molar-refractivity contribution in [2.45, 2.75) is 70.8 Å². The highest BCUT2D eigenvalue weighted by Crippen LogP contribution is 2.51. The number of piperidine rings is 1. The highest BCUT2D eigenvalue weighted by atomic mass is 16.2. The zero-order valence-electron chi connectivity index (χ0n) is 16.6. The summed E-state index contributed by atoms with van der Waals surface area (Å²) >= 11 is 0.